The molecule has 3 rings (SSSR count). The number of carbonyl (C=O) groups is 2. The number of nitrogens with one attached hydrogen (secondary N) is 3. The first-order chi connectivity index (χ1) is 13.3. The van der Waals surface area contributed by atoms with Crippen LogP contribution in [0.4, 0.5) is 5.69 Å². The van der Waals surface area contributed by atoms with Crippen LogP contribution >= 0.6 is 23.4 Å². The number of hydrogen-bond donors (Lipinski definition) is 5. The fourth-order valence-electron chi connectivity index (χ4n) is 3.32. The van der Waals surface area contributed by atoms with Crippen LogP contribution in [0, 0.1) is 5.92 Å². The van der Waals surface area contributed by atoms with E-state index in [1.54, 1.807) is 12.1 Å². The topological polar surface area (TPSA) is 123 Å². The Kier molecular flexibility index (Phi) is 6.82. The van der Waals surface area contributed by atoms with Gasteiger partial charge in [0.2, 0.25) is 11.8 Å². The second kappa shape index (κ2) is 9.13. The van der Waals surface area contributed by atoms with Gasteiger partial charge in [0.15, 0.2) is 5.17 Å². The average molecular weight is 427 g/mol. The molecule has 1 saturated carbocycles. The fraction of sp³-hybridized carbons (Fsp3) is 0.500. The summed E-state index contributed by atoms with van der Waals surface area (Å²) in [5.74, 6) is -0.885. The monoisotopic (exact) mass is 426 g/mol. The van der Waals surface area contributed by atoms with Gasteiger partial charge in [0.05, 0.1) is 18.1 Å². The van der Waals surface area contributed by atoms with Crippen molar-refractivity contribution in [2.45, 2.75) is 36.8 Å². The highest BCUT2D eigenvalue weighted by atomic mass is 35.5. The van der Waals surface area contributed by atoms with Gasteiger partial charge in [0.25, 0.3) is 0 Å². The van der Waals surface area contributed by atoms with Gasteiger partial charge in [-0.1, -0.05) is 23.4 Å². The molecule has 0 bridgehead atoms. The SMILES string of the molecule is CC(=O)NCCNC(=O)[C@H]1C[C@@H](O)[C@H](O)[C@@H]2N=C(Nc3ccc(Cl)cc3)S[C@@H]21. The normalized spacial score (nSPS) is 28.9. The summed E-state index contributed by atoms with van der Waals surface area (Å²) in [5.41, 5.74) is 0.792. The zero-order valence-electron chi connectivity index (χ0n) is 15.3. The minimum atomic E-state index is -1.02. The van der Waals surface area contributed by atoms with Crippen LogP contribution in [0.15, 0.2) is 29.3 Å². The minimum Gasteiger partial charge on any atom is -0.390 e. The summed E-state index contributed by atoms with van der Waals surface area (Å²) in [6.45, 7) is 2.04. The number of carbonyl (C=O) groups excluding carboxylic acids is 2. The molecule has 1 fully saturated rings. The number of amidine groups is 1. The number of anilines is 1. The third-order valence-electron chi connectivity index (χ3n) is 4.72. The van der Waals surface area contributed by atoms with Crippen molar-refractivity contribution in [3.8, 4) is 0 Å². The van der Waals surface area contributed by atoms with Gasteiger partial charge in [-0.05, 0) is 30.7 Å². The number of aliphatic hydroxyl groups excluding tert-OH is 2. The van der Waals surface area contributed by atoms with E-state index >= 15 is 0 Å². The molecule has 10 heteroatoms. The Labute approximate surface area is 172 Å². The molecular formula is C18H23ClN4O4S. The van der Waals surface area contributed by atoms with Crippen molar-refractivity contribution in [1.82, 2.24) is 10.6 Å². The fourth-order valence-corrected chi connectivity index (χ4v) is 4.82. The van der Waals surface area contributed by atoms with Gasteiger partial charge < -0.3 is 26.2 Å². The number of amides is 2. The van der Waals surface area contributed by atoms with E-state index in [4.69, 9.17) is 11.6 Å². The second-order valence-corrected chi connectivity index (χ2v) is 8.42. The van der Waals surface area contributed by atoms with E-state index in [0.717, 1.165) is 5.69 Å². The lowest BCUT2D eigenvalue weighted by atomic mass is 9.81. The molecule has 0 unspecified atom stereocenters. The van der Waals surface area contributed by atoms with E-state index < -0.39 is 24.2 Å². The number of halogens is 1. The third kappa shape index (κ3) is 4.96. The number of fused-ring (bicyclic) bond motifs is 1. The van der Waals surface area contributed by atoms with Crippen molar-refractivity contribution < 1.29 is 19.8 Å². The van der Waals surface area contributed by atoms with E-state index in [0.29, 0.717) is 23.3 Å². The maximum absolute atomic E-state index is 12.6. The Morgan fingerprint density at radius 1 is 1.21 bits per heavy atom. The van der Waals surface area contributed by atoms with Crippen molar-refractivity contribution in [1.29, 1.82) is 0 Å². The molecule has 152 valence electrons. The van der Waals surface area contributed by atoms with Crippen LogP contribution in [-0.2, 0) is 9.59 Å². The van der Waals surface area contributed by atoms with Crippen molar-refractivity contribution in [2.75, 3.05) is 18.4 Å². The van der Waals surface area contributed by atoms with Gasteiger partial charge in [-0.3, -0.25) is 14.6 Å². The zero-order chi connectivity index (χ0) is 20.3. The van der Waals surface area contributed by atoms with Gasteiger partial charge >= 0.3 is 0 Å². The first-order valence-electron chi connectivity index (χ1n) is 9.00. The van der Waals surface area contributed by atoms with E-state index in [-0.39, 0.29) is 23.5 Å². The van der Waals surface area contributed by atoms with Crippen molar-refractivity contribution in [2.24, 2.45) is 10.9 Å². The van der Waals surface area contributed by atoms with Crippen LogP contribution in [0.1, 0.15) is 13.3 Å². The Bertz CT molecular complexity index is 760. The molecule has 28 heavy (non-hydrogen) atoms. The summed E-state index contributed by atoms with van der Waals surface area (Å²) in [4.78, 5) is 28.0. The maximum atomic E-state index is 12.6. The smallest absolute Gasteiger partial charge is 0.224 e. The van der Waals surface area contributed by atoms with Crippen LogP contribution in [0.2, 0.25) is 5.02 Å². The third-order valence-corrected chi connectivity index (χ3v) is 6.28. The standard InChI is InChI=1S/C18H23ClN4O4S/c1-9(24)20-6-7-21-17(27)12-8-13(25)15(26)14-16(12)28-18(23-14)22-11-4-2-10(19)3-5-11/h2-5,12-16,25-26H,6-8H2,1H3,(H,20,24)(H,21,27)(H,22,23)/t12-,13+,14-,15-,16+/m0/s1. The van der Waals surface area contributed by atoms with Crippen molar-refractivity contribution in [3.05, 3.63) is 29.3 Å². The number of thioether (sulfide) groups is 1. The Hall–Kier alpha value is -1.81. The van der Waals surface area contributed by atoms with Gasteiger partial charge in [0, 0.05) is 36.0 Å². The van der Waals surface area contributed by atoms with Gasteiger partial charge in [-0.2, -0.15) is 0 Å². The predicted molar refractivity (Wildman–Crippen MR) is 109 cm³/mol. The first-order valence-corrected chi connectivity index (χ1v) is 10.3. The lowest BCUT2D eigenvalue weighted by molar-refractivity contribution is -0.129. The zero-order valence-corrected chi connectivity index (χ0v) is 16.8. The number of rotatable bonds is 5. The van der Waals surface area contributed by atoms with E-state index in [2.05, 4.69) is 20.9 Å². The van der Waals surface area contributed by atoms with Crippen LogP contribution in [0.25, 0.3) is 0 Å². The Balaban J connectivity index is 1.64. The second-order valence-electron chi connectivity index (χ2n) is 6.81. The molecule has 0 radical (unpaired) electrons. The van der Waals surface area contributed by atoms with Crippen LogP contribution < -0.4 is 16.0 Å². The highest BCUT2D eigenvalue weighted by Crippen LogP contribution is 2.41. The number of aliphatic imine (C=N–C) groups is 1. The molecule has 5 atom stereocenters. The molecule has 1 aliphatic heterocycles. The maximum Gasteiger partial charge on any atom is 0.224 e. The molecule has 1 aliphatic carbocycles. The van der Waals surface area contributed by atoms with Crippen molar-refractivity contribution in [3.63, 3.8) is 0 Å². The summed E-state index contributed by atoms with van der Waals surface area (Å²) in [5, 5.41) is 30.0. The summed E-state index contributed by atoms with van der Waals surface area (Å²) < 4.78 is 0. The lowest BCUT2D eigenvalue weighted by Crippen LogP contribution is -2.54. The molecule has 0 saturated heterocycles. The summed E-state index contributed by atoms with van der Waals surface area (Å²) in [6, 6.07) is 6.55. The van der Waals surface area contributed by atoms with Crippen LogP contribution in [0.5, 0.6) is 0 Å². The average Bonchev–Trinajstić information content (AvgIpc) is 3.07. The summed E-state index contributed by atoms with van der Waals surface area (Å²) in [7, 11) is 0. The van der Waals surface area contributed by atoms with Gasteiger partial charge in [0.1, 0.15) is 6.10 Å². The minimum absolute atomic E-state index is 0.158. The molecule has 2 aliphatic rings. The molecule has 1 aromatic carbocycles. The van der Waals surface area contributed by atoms with Gasteiger partial charge in [-0.15, -0.1) is 0 Å². The summed E-state index contributed by atoms with van der Waals surface area (Å²) in [6.07, 6.45) is -1.89. The number of nitrogens with zero attached hydrogens (tertiary/aromatic N) is 1. The van der Waals surface area contributed by atoms with E-state index in [1.807, 2.05) is 12.1 Å². The van der Waals surface area contributed by atoms with Crippen LogP contribution in [0.3, 0.4) is 0 Å². The molecule has 2 amide bonds. The molecule has 0 aromatic heterocycles. The van der Waals surface area contributed by atoms with E-state index in [9.17, 15) is 19.8 Å². The highest BCUT2D eigenvalue weighted by molar-refractivity contribution is 8.15. The lowest BCUT2D eigenvalue weighted by Gasteiger charge is -2.37. The largest absolute Gasteiger partial charge is 0.390 e. The molecule has 1 heterocycles. The number of aliphatic hydroxyl groups is 2. The molecule has 5 N–H and O–H groups in total. The number of hydrogen-bond acceptors (Lipinski definition) is 7. The Morgan fingerprint density at radius 3 is 2.57 bits per heavy atom. The first kappa shape index (κ1) is 20.9. The quantitative estimate of drug-likeness (QED) is 0.439. The van der Waals surface area contributed by atoms with Gasteiger partial charge in [-0.25, -0.2) is 0 Å². The predicted octanol–water partition coefficient (Wildman–Crippen LogP) is 0.586. The van der Waals surface area contributed by atoms with E-state index in [1.165, 1.54) is 18.7 Å². The molecular weight excluding hydrogens is 404 g/mol. The Morgan fingerprint density at radius 2 is 1.89 bits per heavy atom. The highest BCUT2D eigenvalue weighted by Gasteiger charge is 2.50. The molecule has 0 spiro atoms. The molecule has 8 nitrogen and oxygen atoms in total. The van der Waals surface area contributed by atoms with Crippen LogP contribution in [-0.4, -0.2) is 63.8 Å². The summed E-state index contributed by atoms with van der Waals surface area (Å²) >= 11 is 7.28. The number of benzene rings is 1. The van der Waals surface area contributed by atoms with Crippen molar-refractivity contribution >= 4 is 46.0 Å². The molecule has 1 aromatic rings.